The Kier molecular flexibility index (Phi) is 7.22. The van der Waals surface area contributed by atoms with E-state index in [9.17, 15) is 14.3 Å². The predicted molar refractivity (Wildman–Crippen MR) is 165 cm³/mol. The van der Waals surface area contributed by atoms with Gasteiger partial charge < -0.3 is 5.11 Å². The van der Waals surface area contributed by atoms with Crippen molar-refractivity contribution in [2.75, 3.05) is 0 Å². The van der Waals surface area contributed by atoms with Gasteiger partial charge in [-0.3, -0.25) is 4.79 Å². The van der Waals surface area contributed by atoms with Gasteiger partial charge in [0.25, 0.3) is 0 Å². The number of fused-ring (bicyclic) bond motifs is 1. The zero-order chi connectivity index (χ0) is 29.7. The number of Topliss-reactive ketones (excluding diaryl/α,β-unsaturated/α-hetero) is 1. The van der Waals surface area contributed by atoms with E-state index in [-0.39, 0.29) is 17.5 Å². The minimum Gasteiger partial charge on any atom is -0.508 e. The standard InChI is InChI=1S/C33H32FN5O2S/c1-17-8-6-7-9-22(17)12-25(37-33-28(20(4)40)19(3)21(5)42-33)15-39-32-29(31(35-16-36-32)27-10-18(27)2)30(38-39)23-11-24(34)14-26(41)13-23/h6-9,11,13-14,16,18,27,41H,10,12,15H2,1-5H3/b37-25+. The van der Waals surface area contributed by atoms with E-state index in [1.165, 1.54) is 23.5 Å². The van der Waals surface area contributed by atoms with Crippen LogP contribution in [0.2, 0.25) is 0 Å². The number of carbonyl (C=O) groups excluding carboxylic acids is 1. The molecule has 2 unspecified atom stereocenters. The summed E-state index contributed by atoms with van der Waals surface area (Å²) in [6, 6.07) is 12.1. The molecule has 6 rings (SSSR count). The zero-order valence-electron chi connectivity index (χ0n) is 24.3. The molecule has 1 aliphatic carbocycles. The van der Waals surface area contributed by atoms with Crippen molar-refractivity contribution in [2.45, 2.75) is 59.9 Å². The monoisotopic (exact) mass is 581 g/mol. The Morgan fingerprint density at radius 1 is 1.17 bits per heavy atom. The van der Waals surface area contributed by atoms with Gasteiger partial charge in [-0.15, -0.1) is 11.3 Å². The van der Waals surface area contributed by atoms with Gasteiger partial charge in [-0.05, 0) is 68.9 Å². The van der Waals surface area contributed by atoms with Gasteiger partial charge in [0, 0.05) is 34.6 Å². The first-order valence-corrected chi connectivity index (χ1v) is 14.9. The molecule has 2 atom stereocenters. The number of thiophene rings is 1. The molecule has 3 aromatic heterocycles. The number of carbonyl (C=O) groups is 1. The lowest BCUT2D eigenvalue weighted by atomic mass is 10.0. The summed E-state index contributed by atoms with van der Waals surface area (Å²) in [6.45, 7) is 10.1. The van der Waals surface area contributed by atoms with E-state index in [1.54, 1.807) is 17.9 Å². The Bertz CT molecular complexity index is 1870. The van der Waals surface area contributed by atoms with Crippen LogP contribution < -0.4 is 0 Å². The summed E-state index contributed by atoms with van der Waals surface area (Å²) >= 11 is 1.51. The molecule has 0 bridgehead atoms. The first-order chi connectivity index (χ1) is 20.1. The number of hydrogen-bond donors (Lipinski definition) is 1. The maximum atomic E-state index is 14.5. The van der Waals surface area contributed by atoms with E-state index in [0.29, 0.717) is 46.4 Å². The van der Waals surface area contributed by atoms with Crippen LogP contribution >= 0.6 is 11.3 Å². The van der Waals surface area contributed by atoms with Crippen LogP contribution in [0.3, 0.4) is 0 Å². The number of benzene rings is 2. The normalized spacial score (nSPS) is 16.8. The third-order valence-electron chi connectivity index (χ3n) is 8.14. The summed E-state index contributed by atoms with van der Waals surface area (Å²) < 4.78 is 16.2. The molecule has 1 aliphatic rings. The number of phenols is 1. The van der Waals surface area contributed by atoms with Crippen LogP contribution in [0.5, 0.6) is 5.75 Å². The number of aromatic nitrogens is 4. The van der Waals surface area contributed by atoms with Gasteiger partial charge in [0.15, 0.2) is 11.4 Å². The van der Waals surface area contributed by atoms with Gasteiger partial charge in [-0.2, -0.15) is 5.10 Å². The molecule has 5 aromatic rings. The van der Waals surface area contributed by atoms with Gasteiger partial charge in [0.05, 0.1) is 23.2 Å². The Morgan fingerprint density at radius 2 is 1.93 bits per heavy atom. The Labute approximate surface area is 247 Å². The fraction of sp³-hybridized carbons (Fsp3) is 0.303. The Hall–Kier alpha value is -4.24. The summed E-state index contributed by atoms with van der Waals surface area (Å²) in [6.07, 6.45) is 3.12. The molecule has 1 N–H and O–H groups in total. The largest absolute Gasteiger partial charge is 0.508 e. The van der Waals surface area contributed by atoms with Gasteiger partial charge in [-0.25, -0.2) is 24.0 Å². The first kappa shape index (κ1) is 27.9. The number of nitrogens with zero attached hydrogens (tertiary/aromatic N) is 5. The molecule has 0 amide bonds. The average molecular weight is 582 g/mol. The van der Waals surface area contributed by atoms with Gasteiger partial charge >= 0.3 is 0 Å². The van der Waals surface area contributed by atoms with Gasteiger partial charge in [0.2, 0.25) is 0 Å². The van der Waals surface area contributed by atoms with Crippen molar-refractivity contribution < 1.29 is 14.3 Å². The quantitative estimate of drug-likeness (QED) is 0.150. The summed E-state index contributed by atoms with van der Waals surface area (Å²) in [4.78, 5) is 28.1. The van der Waals surface area contributed by atoms with E-state index in [0.717, 1.165) is 50.8 Å². The van der Waals surface area contributed by atoms with Crippen LogP contribution in [-0.4, -0.2) is 36.3 Å². The van der Waals surface area contributed by atoms with E-state index in [2.05, 4.69) is 35.9 Å². The molecule has 0 radical (unpaired) electrons. The van der Waals surface area contributed by atoms with Crippen LogP contribution in [0.1, 0.15) is 63.8 Å². The van der Waals surface area contributed by atoms with Gasteiger partial charge in [0.1, 0.15) is 28.6 Å². The van der Waals surface area contributed by atoms with Gasteiger partial charge in [-0.1, -0.05) is 31.2 Å². The highest BCUT2D eigenvalue weighted by molar-refractivity contribution is 7.16. The number of rotatable bonds is 8. The fourth-order valence-corrected chi connectivity index (χ4v) is 6.73. The lowest BCUT2D eigenvalue weighted by Crippen LogP contribution is -2.15. The fourth-order valence-electron chi connectivity index (χ4n) is 5.62. The maximum Gasteiger partial charge on any atom is 0.163 e. The van der Waals surface area contributed by atoms with Crippen molar-refractivity contribution in [1.82, 2.24) is 19.7 Å². The number of hydrogen-bond acceptors (Lipinski definition) is 7. The lowest BCUT2D eigenvalue weighted by Gasteiger charge is -2.11. The Morgan fingerprint density at radius 3 is 2.62 bits per heavy atom. The predicted octanol–water partition coefficient (Wildman–Crippen LogP) is 7.67. The van der Waals surface area contributed by atoms with Crippen LogP contribution in [0.25, 0.3) is 22.3 Å². The van der Waals surface area contributed by atoms with Crippen molar-refractivity contribution in [3.8, 4) is 17.0 Å². The minimum atomic E-state index is -0.548. The number of aryl methyl sites for hydroxylation is 2. The van der Waals surface area contributed by atoms with Crippen LogP contribution in [-0.2, 0) is 13.0 Å². The molecule has 214 valence electrons. The van der Waals surface area contributed by atoms with E-state index in [4.69, 9.17) is 10.1 Å². The average Bonchev–Trinajstić information content (AvgIpc) is 3.44. The van der Waals surface area contributed by atoms with Crippen LogP contribution in [0.15, 0.2) is 53.8 Å². The smallest absolute Gasteiger partial charge is 0.163 e. The molecular weight excluding hydrogens is 549 g/mol. The van der Waals surface area contributed by atoms with Crippen LogP contribution in [0, 0.1) is 32.5 Å². The molecule has 2 aromatic carbocycles. The van der Waals surface area contributed by atoms with E-state index < -0.39 is 5.82 Å². The summed E-state index contributed by atoms with van der Waals surface area (Å²) in [7, 11) is 0. The SMILES string of the molecule is CC(=O)c1c(/N=C(\Cc2ccccc2C)Cn2nc(-c3cc(O)cc(F)c3)c3c(C4CC4C)ncnc32)sc(C)c1C. The first-order valence-electron chi connectivity index (χ1n) is 14.0. The van der Waals surface area contributed by atoms with Crippen molar-refractivity contribution in [3.05, 3.63) is 87.4 Å². The lowest BCUT2D eigenvalue weighted by molar-refractivity contribution is 0.101. The third-order valence-corrected chi connectivity index (χ3v) is 9.24. The molecule has 1 saturated carbocycles. The second-order valence-electron chi connectivity index (χ2n) is 11.3. The number of phenolic OH excluding ortho intramolecular Hbond substituents is 1. The molecule has 0 spiro atoms. The zero-order valence-corrected chi connectivity index (χ0v) is 25.1. The third kappa shape index (κ3) is 5.25. The highest BCUT2D eigenvalue weighted by Gasteiger charge is 2.38. The number of aromatic hydroxyl groups is 1. The topological polar surface area (TPSA) is 93.3 Å². The van der Waals surface area contributed by atoms with E-state index >= 15 is 0 Å². The summed E-state index contributed by atoms with van der Waals surface area (Å²) in [5.41, 5.74) is 7.18. The van der Waals surface area contributed by atoms with Crippen molar-refractivity contribution in [1.29, 1.82) is 0 Å². The molecule has 9 heteroatoms. The summed E-state index contributed by atoms with van der Waals surface area (Å²) in [5, 5.41) is 16.6. The molecule has 0 saturated heterocycles. The second-order valence-corrected chi connectivity index (χ2v) is 12.5. The number of aliphatic imine (C=N–C) groups is 1. The molecule has 3 heterocycles. The Balaban J connectivity index is 1.53. The maximum absolute atomic E-state index is 14.5. The molecule has 42 heavy (non-hydrogen) atoms. The number of halogens is 1. The highest BCUT2D eigenvalue weighted by atomic mass is 32.1. The van der Waals surface area contributed by atoms with Crippen molar-refractivity contribution in [3.63, 3.8) is 0 Å². The molecule has 7 nitrogen and oxygen atoms in total. The second kappa shape index (κ2) is 10.9. The molecular formula is C33H32FN5O2S. The molecule has 0 aliphatic heterocycles. The van der Waals surface area contributed by atoms with Crippen LogP contribution in [0.4, 0.5) is 9.39 Å². The van der Waals surface area contributed by atoms with Crippen molar-refractivity contribution in [2.24, 2.45) is 10.9 Å². The van der Waals surface area contributed by atoms with E-state index in [1.807, 2.05) is 26.0 Å². The number of ketones is 1. The highest BCUT2D eigenvalue weighted by Crippen LogP contribution is 2.49. The molecule has 1 fully saturated rings. The van der Waals surface area contributed by atoms with Crippen molar-refractivity contribution >= 4 is 38.9 Å². The summed E-state index contributed by atoms with van der Waals surface area (Å²) in [5.74, 6) is 0.0124. The minimum absolute atomic E-state index is 0.0143.